The van der Waals surface area contributed by atoms with Gasteiger partial charge in [-0.15, -0.1) is 0 Å². The van der Waals surface area contributed by atoms with E-state index in [9.17, 15) is 4.79 Å². The van der Waals surface area contributed by atoms with Gasteiger partial charge in [0.05, 0.1) is 16.9 Å². The topological polar surface area (TPSA) is 62.2 Å². The van der Waals surface area contributed by atoms with Crippen LogP contribution in [0.2, 0.25) is 5.02 Å². The smallest absolute Gasteiger partial charge is 0.332 e. The van der Waals surface area contributed by atoms with Gasteiger partial charge in [0.25, 0.3) is 0 Å². The number of nitrogens with zero attached hydrogens (tertiary/aromatic N) is 1. The van der Waals surface area contributed by atoms with Gasteiger partial charge in [-0.05, 0) is 6.07 Å². The van der Waals surface area contributed by atoms with Crippen molar-refractivity contribution in [1.29, 1.82) is 0 Å². The highest BCUT2D eigenvalue weighted by atomic mass is 35.5. The van der Waals surface area contributed by atoms with Crippen molar-refractivity contribution in [3.8, 4) is 0 Å². The first-order valence-corrected chi connectivity index (χ1v) is 4.23. The SMILES string of the molecule is C=C(CNc1cncc(Cl)c1)C(=O)O. The summed E-state index contributed by atoms with van der Waals surface area (Å²) in [5, 5.41) is 11.9. The molecule has 14 heavy (non-hydrogen) atoms. The standard InChI is InChI=1S/C9H9ClN2O2/c1-6(9(13)14)3-12-8-2-7(10)4-11-5-8/h2,4-5,12H,1,3H2,(H,13,14). The molecule has 0 spiro atoms. The molecule has 0 amide bonds. The molecule has 0 aromatic carbocycles. The fourth-order valence-corrected chi connectivity index (χ4v) is 0.967. The molecule has 0 saturated heterocycles. The number of carboxylic acid groups (broad SMARTS) is 1. The Morgan fingerprint density at radius 2 is 2.36 bits per heavy atom. The number of nitrogens with one attached hydrogen (secondary N) is 1. The third kappa shape index (κ3) is 3.06. The summed E-state index contributed by atoms with van der Waals surface area (Å²) in [5.74, 6) is -1.02. The number of aliphatic carboxylic acids is 1. The van der Waals surface area contributed by atoms with Crippen LogP contribution in [0.25, 0.3) is 0 Å². The van der Waals surface area contributed by atoms with Crippen LogP contribution in [0.4, 0.5) is 5.69 Å². The second kappa shape index (κ2) is 4.62. The van der Waals surface area contributed by atoms with Crippen molar-refractivity contribution in [2.45, 2.75) is 0 Å². The van der Waals surface area contributed by atoms with Crippen LogP contribution in [0.15, 0.2) is 30.6 Å². The third-order valence-corrected chi connectivity index (χ3v) is 1.72. The number of carbonyl (C=O) groups is 1. The van der Waals surface area contributed by atoms with Gasteiger partial charge in [-0.3, -0.25) is 4.98 Å². The summed E-state index contributed by atoms with van der Waals surface area (Å²) < 4.78 is 0. The lowest BCUT2D eigenvalue weighted by Gasteiger charge is -2.05. The molecule has 0 aliphatic heterocycles. The lowest BCUT2D eigenvalue weighted by atomic mass is 10.3. The summed E-state index contributed by atoms with van der Waals surface area (Å²) in [7, 11) is 0. The minimum atomic E-state index is -1.02. The summed E-state index contributed by atoms with van der Waals surface area (Å²) in [4.78, 5) is 14.2. The predicted octanol–water partition coefficient (Wildman–Crippen LogP) is 1.79. The first kappa shape index (κ1) is 10.5. The number of halogens is 1. The van der Waals surface area contributed by atoms with Crippen LogP contribution in [0, 0.1) is 0 Å². The zero-order valence-electron chi connectivity index (χ0n) is 7.33. The monoisotopic (exact) mass is 212 g/mol. The highest BCUT2D eigenvalue weighted by Gasteiger charge is 2.03. The molecule has 4 nitrogen and oxygen atoms in total. The first-order chi connectivity index (χ1) is 6.59. The van der Waals surface area contributed by atoms with Gasteiger partial charge in [0, 0.05) is 18.3 Å². The van der Waals surface area contributed by atoms with E-state index in [1.165, 1.54) is 6.20 Å². The minimum absolute atomic E-state index is 0.0879. The Kier molecular flexibility index (Phi) is 3.48. The van der Waals surface area contributed by atoms with E-state index in [-0.39, 0.29) is 12.1 Å². The molecule has 0 radical (unpaired) electrons. The van der Waals surface area contributed by atoms with Gasteiger partial charge in [-0.25, -0.2) is 4.79 Å². The Hall–Kier alpha value is -1.55. The van der Waals surface area contributed by atoms with E-state index in [2.05, 4.69) is 16.9 Å². The van der Waals surface area contributed by atoms with Gasteiger partial charge < -0.3 is 10.4 Å². The van der Waals surface area contributed by atoms with Gasteiger partial charge in [-0.2, -0.15) is 0 Å². The van der Waals surface area contributed by atoms with E-state index in [0.717, 1.165) is 0 Å². The maximum atomic E-state index is 10.4. The van der Waals surface area contributed by atoms with E-state index >= 15 is 0 Å². The summed E-state index contributed by atoms with van der Waals surface area (Å²) in [6.07, 6.45) is 3.06. The van der Waals surface area contributed by atoms with Gasteiger partial charge in [0.1, 0.15) is 0 Å². The van der Waals surface area contributed by atoms with Crippen molar-refractivity contribution in [1.82, 2.24) is 4.98 Å². The Labute approximate surface area is 86.2 Å². The number of carboxylic acids is 1. The molecule has 2 N–H and O–H groups in total. The number of rotatable bonds is 4. The van der Waals surface area contributed by atoms with Crippen LogP contribution < -0.4 is 5.32 Å². The summed E-state index contributed by atoms with van der Waals surface area (Å²) in [5.41, 5.74) is 0.755. The number of hydrogen-bond donors (Lipinski definition) is 2. The van der Waals surface area contributed by atoms with Crippen LogP contribution >= 0.6 is 11.6 Å². The molecular weight excluding hydrogens is 204 g/mol. The minimum Gasteiger partial charge on any atom is -0.478 e. The zero-order valence-corrected chi connectivity index (χ0v) is 8.08. The molecule has 0 atom stereocenters. The largest absolute Gasteiger partial charge is 0.478 e. The summed E-state index contributed by atoms with van der Waals surface area (Å²) in [6.45, 7) is 3.54. The van der Waals surface area contributed by atoms with E-state index in [4.69, 9.17) is 16.7 Å². The van der Waals surface area contributed by atoms with Crippen LogP contribution in [-0.2, 0) is 4.79 Å². The molecule has 74 valence electrons. The normalized spacial score (nSPS) is 9.50. The molecule has 1 aromatic rings. The van der Waals surface area contributed by atoms with Crippen molar-refractivity contribution >= 4 is 23.3 Å². The van der Waals surface area contributed by atoms with Crippen LogP contribution in [0.3, 0.4) is 0 Å². The number of hydrogen-bond acceptors (Lipinski definition) is 3. The molecule has 0 unspecified atom stereocenters. The maximum Gasteiger partial charge on any atom is 0.332 e. The fourth-order valence-electron chi connectivity index (χ4n) is 0.793. The number of aromatic nitrogens is 1. The average Bonchev–Trinajstić information content (AvgIpc) is 2.14. The first-order valence-electron chi connectivity index (χ1n) is 3.85. The molecular formula is C9H9ClN2O2. The van der Waals surface area contributed by atoms with Gasteiger partial charge >= 0.3 is 5.97 Å². The van der Waals surface area contributed by atoms with Gasteiger partial charge in [0.15, 0.2) is 0 Å². The van der Waals surface area contributed by atoms with Crippen LogP contribution in [0.5, 0.6) is 0 Å². The van der Waals surface area contributed by atoms with Gasteiger partial charge in [-0.1, -0.05) is 18.2 Å². The quantitative estimate of drug-likeness (QED) is 0.747. The van der Waals surface area contributed by atoms with E-state index < -0.39 is 5.97 Å². The van der Waals surface area contributed by atoms with E-state index in [1.807, 2.05) is 0 Å². The average molecular weight is 213 g/mol. The molecule has 0 bridgehead atoms. The van der Waals surface area contributed by atoms with Crippen molar-refractivity contribution in [2.24, 2.45) is 0 Å². The molecule has 1 aromatic heterocycles. The Morgan fingerprint density at radius 3 is 2.93 bits per heavy atom. The number of pyridine rings is 1. The lowest BCUT2D eigenvalue weighted by Crippen LogP contribution is -2.11. The molecule has 0 aliphatic carbocycles. The molecule has 0 saturated carbocycles. The number of anilines is 1. The second-order valence-corrected chi connectivity index (χ2v) is 3.09. The maximum absolute atomic E-state index is 10.4. The van der Waals surface area contributed by atoms with Gasteiger partial charge in [0.2, 0.25) is 0 Å². The second-order valence-electron chi connectivity index (χ2n) is 2.65. The molecule has 0 fully saturated rings. The van der Waals surface area contributed by atoms with Crippen molar-refractivity contribution in [3.63, 3.8) is 0 Å². The molecule has 1 heterocycles. The van der Waals surface area contributed by atoms with E-state index in [0.29, 0.717) is 10.7 Å². The van der Waals surface area contributed by atoms with Crippen molar-refractivity contribution in [3.05, 3.63) is 35.6 Å². The zero-order chi connectivity index (χ0) is 10.6. The van der Waals surface area contributed by atoms with Crippen molar-refractivity contribution in [2.75, 3.05) is 11.9 Å². The molecule has 5 heteroatoms. The van der Waals surface area contributed by atoms with Crippen LogP contribution in [-0.4, -0.2) is 22.6 Å². The fraction of sp³-hybridized carbons (Fsp3) is 0.111. The highest BCUT2D eigenvalue weighted by Crippen LogP contribution is 2.12. The lowest BCUT2D eigenvalue weighted by molar-refractivity contribution is -0.132. The van der Waals surface area contributed by atoms with Crippen molar-refractivity contribution < 1.29 is 9.90 Å². The molecule has 0 aliphatic rings. The third-order valence-electron chi connectivity index (χ3n) is 1.51. The molecule has 1 rings (SSSR count). The Bertz CT molecular complexity index is 366. The van der Waals surface area contributed by atoms with E-state index in [1.54, 1.807) is 12.3 Å². The summed E-state index contributed by atoms with van der Waals surface area (Å²) in [6, 6.07) is 1.66. The predicted molar refractivity (Wildman–Crippen MR) is 54.5 cm³/mol. The highest BCUT2D eigenvalue weighted by molar-refractivity contribution is 6.30. The van der Waals surface area contributed by atoms with Crippen LogP contribution in [0.1, 0.15) is 0 Å². The summed E-state index contributed by atoms with van der Waals surface area (Å²) >= 11 is 5.68. The Balaban J connectivity index is 2.54. The Morgan fingerprint density at radius 1 is 1.64 bits per heavy atom.